The van der Waals surface area contributed by atoms with Crippen LogP contribution in [0.3, 0.4) is 0 Å². The molecule has 0 spiro atoms. The lowest BCUT2D eigenvalue weighted by Gasteiger charge is -1.96. The minimum absolute atomic E-state index is 0.0211. The summed E-state index contributed by atoms with van der Waals surface area (Å²) in [4.78, 5) is 3.12. The summed E-state index contributed by atoms with van der Waals surface area (Å²) in [5.74, 6) is 0.824. The highest BCUT2D eigenvalue weighted by atomic mass is 19.4. The van der Waals surface area contributed by atoms with Crippen molar-refractivity contribution < 1.29 is 17.7 Å². The predicted octanol–water partition coefficient (Wildman–Crippen LogP) is 0.811. The fourth-order valence-electron chi connectivity index (χ4n) is 0.683. The third-order valence-electron chi connectivity index (χ3n) is 1.22. The quantitative estimate of drug-likeness (QED) is 0.586. The number of hydrogen-bond acceptors (Lipinski definition) is 4. The molecule has 0 aliphatic carbocycles. The second-order valence-electron chi connectivity index (χ2n) is 2.32. The lowest BCUT2D eigenvalue weighted by Crippen LogP contribution is -2.14. The number of halogens is 3. The van der Waals surface area contributed by atoms with Gasteiger partial charge in [-0.3, -0.25) is 5.32 Å². The Hall–Kier alpha value is -1.55. The molecule has 76 valence electrons. The molecule has 0 aliphatic heterocycles. The highest BCUT2D eigenvalue weighted by Gasteiger charge is 2.37. The number of nitrogens with one attached hydrogen (secondary N) is 1. The Balaban J connectivity index is 2.57. The summed E-state index contributed by atoms with van der Waals surface area (Å²) in [6.07, 6.45) is 0.332. The first kappa shape index (κ1) is 10.5. The van der Waals surface area contributed by atoms with E-state index < -0.39 is 12.0 Å². The number of aromatic nitrogens is 2. The van der Waals surface area contributed by atoms with Gasteiger partial charge >= 0.3 is 6.18 Å². The normalized spacial score (nSPS) is 11.3. The van der Waals surface area contributed by atoms with Crippen molar-refractivity contribution in [3.8, 4) is 12.3 Å². The molecule has 0 atom stereocenters. The summed E-state index contributed by atoms with van der Waals surface area (Å²) in [6, 6.07) is 0. The maximum absolute atomic E-state index is 12.0. The zero-order chi connectivity index (χ0) is 10.6. The zero-order valence-corrected chi connectivity index (χ0v) is 6.93. The van der Waals surface area contributed by atoms with E-state index >= 15 is 0 Å². The van der Waals surface area contributed by atoms with E-state index in [1.807, 2.05) is 0 Å². The van der Waals surface area contributed by atoms with Gasteiger partial charge in [0.25, 0.3) is 5.82 Å². The molecule has 0 aliphatic rings. The van der Waals surface area contributed by atoms with Crippen molar-refractivity contribution in [3.05, 3.63) is 11.7 Å². The Kier molecular flexibility index (Phi) is 3.09. The fourth-order valence-corrected chi connectivity index (χ4v) is 0.683. The van der Waals surface area contributed by atoms with E-state index in [2.05, 4.69) is 25.9 Å². The third kappa shape index (κ3) is 2.74. The van der Waals surface area contributed by atoms with Crippen LogP contribution in [0.4, 0.5) is 13.2 Å². The van der Waals surface area contributed by atoms with Gasteiger partial charge in [0.05, 0.1) is 13.1 Å². The van der Waals surface area contributed by atoms with Crippen molar-refractivity contribution >= 4 is 0 Å². The Morgan fingerprint density at radius 3 is 2.71 bits per heavy atom. The smallest absolute Gasteiger partial charge is 0.338 e. The molecule has 0 aromatic carbocycles. The third-order valence-corrected chi connectivity index (χ3v) is 1.22. The summed E-state index contributed by atoms with van der Waals surface area (Å²) < 4.78 is 40.2. The molecular weight excluding hydrogens is 199 g/mol. The molecule has 1 rings (SSSR count). The van der Waals surface area contributed by atoms with Crippen molar-refractivity contribution in [1.82, 2.24) is 15.5 Å². The molecule has 7 heteroatoms. The molecule has 0 fully saturated rings. The Labute approximate surface area is 77.5 Å². The summed E-state index contributed by atoms with van der Waals surface area (Å²) in [5.41, 5.74) is 0. The van der Waals surface area contributed by atoms with Gasteiger partial charge in [-0.2, -0.15) is 18.2 Å². The number of hydrogen-bond donors (Lipinski definition) is 1. The van der Waals surface area contributed by atoms with Crippen LogP contribution < -0.4 is 5.32 Å². The van der Waals surface area contributed by atoms with Crippen molar-refractivity contribution in [1.29, 1.82) is 0 Å². The Morgan fingerprint density at radius 2 is 2.21 bits per heavy atom. The first-order chi connectivity index (χ1) is 6.54. The second-order valence-corrected chi connectivity index (χ2v) is 2.32. The van der Waals surface area contributed by atoms with E-state index in [0.29, 0.717) is 0 Å². The van der Waals surface area contributed by atoms with Crippen LogP contribution in [0, 0.1) is 12.3 Å². The molecule has 0 saturated carbocycles. The van der Waals surface area contributed by atoms with Crippen LogP contribution in [0.1, 0.15) is 11.7 Å². The second kappa shape index (κ2) is 4.11. The summed E-state index contributed by atoms with van der Waals surface area (Å²) >= 11 is 0. The van der Waals surface area contributed by atoms with Gasteiger partial charge in [0, 0.05) is 0 Å². The summed E-state index contributed by atoms with van der Waals surface area (Å²) in [7, 11) is 0. The maximum Gasteiger partial charge on any atom is 0.455 e. The van der Waals surface area contributed by atoms with Crippen molar-refractivity contribution in [2.45, 2.75) is 12.7 Å². The molecule has 0 unspecified atom stereocenters. The van der Waals surface area contributed by atoms with Gasteiger partial charge in [-0.15, -0.1) is 6.42 Å². The van der Waals surface area contributed by atoms with Crippen LogP contribution in [0.5, 0.6) is 0 Å². The number of nitrogens with zero attached hydrogens (tertiary/aromatic N) is 2. The fraction of sp³-hybridized carbons (Fsp3) is 0.429. The molecule has 0 amide bonds. The molecule has 1 heterocycles. The van der Waals surface area contributed by atoms with Crippen molar-refractivity contribution in [2.24, 2.45) is 0 Å². The highest BCUT2D eigenvalue weighted by Crippen LogP contribution is 2.25. The lowest BCUT2D eigenvalue weighted by molar-refractivity contribution is -0.146. The standard InChI is InChI=1S/C7H6F3N3O/c1-2-3-11-4-5-12-6(13-14-5)7(8,9)10/h1,11H,3-4H2. The van der Waals surface area contributed by atoms with Gasteiger partial charge in [0.1, 0.15) is 0 Å². The number of alkyl halides is 3. The number of terminal acetylenes is 1. The number of rotatable bonds is 3. The maximum atomic E-state index is 12.0. The minimum Gasteiger partial charge on any atom is -0.338 e. The SMILES string of the molecule is C#CCNCc1nc(C(F)(F)F)no1. The van der Waals surface area contributed by atoms with E-state index in [9.17, 15) is 13.2 Å². The van der Waals surface area contributed by atoms with E-state index in [4.69, 9.17) is 6.42 Å². The van der Waals surface area contributed by atoms with Crippen molar-refractivity contribution in [3.63, 3.8) is 0 Å². The largest absolute Gasteiger partial charge is 0.455 e. The van der Waals surface area contributed by atoms with Gasteiger partial charge in [-0.1, -0.05) is 11.1 Å². The molecule has 0 bridgehead atoms. The molecule has 0 saturated heterocycles. The molecule has 14 heavy (non-hydrogen) atoms. The average Bonchev–Trinajstić information content (AvgIpc) is 2.52. The molecular formula is C7H6F3N3O. The van der Waals surface area contributed by atoms with Gasteiger partial charge in [-0.25, -0.2) is 0 Å². The van der Waals surface area contributed by atoms with Crippen LogP contribution in [0.25, 0.3) is 0 Å². The predicted molar refractivity (Wildman–Crippen MR) is 39.8 cm³/mol. The van der Waals surface area contributed by atoms with Gasteiger partial charge in [-0.05, 0) is 0 Å². The molecule has 1 aromatic heterocycles. The van der Waals surface area contributed by atoms with Crippen LogP contribution in [0.2, 0.25) is 0 Å². The van der Waals surface area contributed by atoms with Crippen LogP contribution >= 0.6 is 0 Å². The van der Waals surface area contributed by atoms with E-state index in [1.54, 1.807) is 0 Å². The lowest BCUT2D eigenvalue weighted by atomic mass is 10.5. The Morgan fingerprint density at radius 1 is 1.50 bits per heavy atom. The van der Waals surface area contributed by atoms with Gasteiger partial charge in [0.2, 0.25) is 5.89 Å². The Bertz CT molecular complexity index is 339. The molecule has 4 nitrogen and oxygen atoms in total. The van der Waals surface area contributed by atoms with Gasteiger partial charge in [0.15, 0.2) is 0 Å². The molecule has 0 radical (unpaired) electrons. The minimum atomic E-state index is -4.58. The first-order valence-electron chi connectivity index (χ1n) is 3.58. The highest BCUT2D eigenvalue weighted by molar-refractivity contribution is 4.92. The topological polar surface area (TPSA) is 51.0 Å². The van der Waals surface area contributed by atoms with E-state index in [0.717, 1.165) is 0 Å². The van der Waals surface area contributed by atoms with Crippen LogP contribution in [0.15, 0.2) is 4.52 Å². The summed E-state index contributed by atoms with van der Waals surface area (Å²) in [5, 5.41) is 5.38. The average molecular weight is 205 g/mol. The zero-order valence-electron chi connectivity index (χ0n) is 6.93. The molecule has 1 N–H and O–H groups in total. The van der Waals surface area contributed by atoms with Crippen LogP contribution in [-0.4, -0.2) is 16.7 Å². The van der Waals surface area contributed by atoms with Crippen LogP contribution in [-0.2, 0) is 12.7 Å². The monoisotopic (exact) mass is 205 g/mol. The first-order valence-corrected chi connectivity index (χ1v) is 3.58. The van der Waals surface area contributed by atoms with E-state index in [-0.39, 0.29) is 19.0 Å². The molecule has 1 aromatic rings. The summed E-state index contributed by atoms with van der Waals surface area (Å²) in [6.45, 7) is 0.247. The van der Waals surface area contributed by atoms with Gasteiger partial charge < -0.3 is 4.52 Å². The van der Waals surface area contributed by atoms with E-state index in [1.165, 1.54) is 0 Å². The van der Waals surface area contributed by atoms with Crippen molar-refractivity contribution in [2.75, 3.05) is 6.54 Å².